The van der Waals surface area contributed by atoms with Gasteiger partial charge in [-0.1, -0.05) is 0 Å². The molecule has 238 valence electrons. The number of piperidine rings is 1. The third kappa shape index (κ3) is 7.60. The SMILES string of the molecule is O=C(NO)C1(S(=O)(=O)c2ccc(OCCCS(=O)(=O)N3CCC(Oc4ccc(C(F)(F)F)cc4)CC3)cc2)CCOCC1. The third-order valence-electron chi connectivity index (χ3n) is 7.56. The second kappa shape index (κ2) is 13.4. The van der Waals surface area contributed by atoms with Crippen molar-refractivity contribution >= 4 is 25.8 Å². The van der Waals surface area contributed by atoms with E-state index in [0.717, 1.165) is 12.1 Å². The fraction of sp³-hybridized carbons (Fsp3) is 0.519. The second-order valence-electron chi connectivity index (χ2n) is 10.3. The molecule has 43 heavy (non-hydrogen) atoms. The van der Waals surface area contributed by atoms with E-state index in [4.69, 9.17) is 19.4 Å². The lowest BCUT2D eigenvalue weighted by atomic mass is 9.98. The molecular weight excluding hydrogens is 617 g/mol. The number of nitrogens with zero attached hydrogens (tertiary/aromatic N) is 1. The van der Waals surface area contributed by atoms with Crippen LogP contribution in [0.2, 0.25) is 0 Å². The molecule has 0 unspecified atom stereocenters. The van der Waals surface area contributed by atoms with Gasteiger partial charge in [-0.15, -0.1) is 0 Å². The molecule has 2 aliphatic rings. The number of alkyl halides is 3. The normalized spacial score (nSPS) is 18.6. The minimum absolute atomic E-state index is 0.0469. The van der Waals surface area contributed by atoms with Crippen LogP contribution in [0.5, 0.6) is 11.5 Å². The summed E-state index contributed by atoms with van der Waals surface area (Å²) in [7, 11) is -7.77. The summed E-state index contributed by atoms with van der Waals surface area (Å²) in [6, 6.07) is 9.77. The van der Waals surface area contributed by atoms with Crippen LogP contribution < -0.4 is 15.0 Å². The molecule has 2 aliphatic heterocycles. The van der Waals surface area contributed by atoms with Crippen molar-refractivity contribution in [1.82, 2.24) is 9.79 Å². The summed E-state index contributed by atoms with van der Waals surface area (Å²) in [6.45, 7) is 0.572. The summed E-state index contributed by atoms with van der Waals surface area (Å²) in [5.74, 6) is -0.598. The maximum absolute atomic E-state index is 13.3. The van der Waals surface area contributed by atoms with Crippen LogP contribution in [0.25, 0.3) is 0 Å². The zero-order valence-corrected chi connectivity index (χ0v) is 24.7. The first-order chi connectivity index (χ1) is 20.3. The second-order valence-corrected chi connectivity index (χ2v) is 14.6. The Morgan fingerprint density at radius 1 is 0.977 bits per heavy atom. The number of rotatable bonds is 11. The van der Waals surface area contributed by atoms with Crippen molar-refractivity contribution in [2.75, 3.05) is 38.7 Å². The minimum Gasteiger partial charge on any atom is -0.494 e. The van der Waals surface area contributed by atoms with E-state index in [-0.39, 0.29) is 74.7 Å². The summed E-state index contributed by atoms with van der Waals surface area (Å²) in [5, 5.41) is 9.16. The van der Waals surface area contributed by atoms with Gasteiger partial charge in [0.2, 0.25) is 10.0 Å². The number of sulfone groups is 1. The fourth-order valence-electron chi connectivity index (χ4n) is 5.06. The highest BCUT2D eigenvalue weighted by atomic mass is 32.2. The van der Waals surface area contributed by atoms with Gasteiger partial charge in [0.1, 0.15) is 17.6 Å². The Labute approximate surface area is 247 Å². The molecule has 16 heteroatoms. The van der Waals surface area contributed by atoms with Gasteiger partial charge in [-0.25, -0.2) is 26.6 Å². The average Bonchev–Trinajstić information content (AvgIpc) is 2.99. The number of hydroxylamine groups is 1. The van der Waals surface area contributed by atoms with Gasteiger partial charge in [0.15, 0.2) is 14.6 Å². The molecule has 0 aliphatic carbocycles. The Bertz CT molecular complexity index is 1450. The van der Waals surface area contributed by atoms with Crippen molar-refractivity contribution in [2.45, 2.75) is 54.0 Å². The number of benzene rings is 2. The van der Waals surface area contributed by atoms with Crippen LogP contribution in [-0.4, -0.2) is 81.8 Å². The summed E-state index contributed by atoms with van der Waals surface area (Å²) >= 11 is 0. The zero-order valence-electron chi connectivity index (χ0n) is 23.1. The van der Waals surface area contributed by atoms with Crippen LogP contribution in [0.3, 0.4) is 0 Å². The third-order valence-corrected chi connectivity index (χ3v) is 12.0. The average molecular weight is 651 g/mol. The molecule has 1 amide bonds. The van der Waals surface area contributed by atoms with Crippen LogP contribution in [0.1, 0.15) is 37.7 Å². The van der Waals surface area contributed by atoms with Crippen LogP contribution in [-0.2, 0) is 35.6 Å². The lowest BCUT2D eigenvalue weighted by molar-refractivity contribution is -0.137. The maximum atomic E-state index is 13.3. The Hall–Kier alpha value is -2.92. The molecule has 0 radical (unpaired) electrons. The van der Waals surface area contributed by atoms with Crippen molar-refractivity contribution in [2.24, 2.45) is 0 Å². The van der Waals surface area contributed by atoms with Gasteiger partial charge >= 0.3 is 6.18 Å². The molecule has 0 aromatic heterocycles. The number of sulfonamides is 1. The van der Waals surface area contributed by atoms with E-state index in [0.29, 0.717) is 18.6 Å². The van der Waals surface area contributed by atoms with Crippen molar-refractivity contribution in [3.63, 3.8) is 0 Å². The Morgan fingerprint density at radius 3 is 2.12 bits per heavy atom. The summed E-state index contributed by atoms with van der Waals surface area (Å²) in [4.78, 5) is 12.2. The minimum atomic E-state index is -4.44. The highest BCUT2D eigenvalue weighted by molar-refractivity contribution is 7.93. The Kier molecular flexibility index (Phi) is 10.3. The molecule has 0 atom stereocenters. The lowest BCUT2D eigenvalue weighted by Crippen LogP contribution is -2.54. The van der Waals surface area contributed by atoms with E-state index < -0.39 is 42.3 Å². The quantitative estimate of drug-likeness (QED) is 0.213. The molecule has 0 spiro atoms. The number of amides is 1. The Balaban J connectivity index is 1.23. The smallest absolute Gasteiger partial charge is 0.416 e. The van der Waals surface area contributed by atoms with Gasteiger partial charge in [0, 0.05) is 26.3 Å². The fourth-order valence-corrected chi connectivity index (χ4v) is 8.51. The summed E-state index contributed by atoms with van der Waals surface area (Å²) < 4.78 is 106. The molecule has 0 saturated carbocycles. The number of nitrogens with one attached hydrogen (secondary N) is 1. The topological polar surface area (TPSA) is 149 Å². The molecule has 2 aromatic rings. The van der Waals surface area contributed by atoms with Gasteiger partial charge in [0.05, 0.1) is 22.8 Å². The van der Waals surface area contributed by atoms with E-state index in [1.807, 2.05) is 0 Å². The number of halogens is 3. The first kappa shape index (κ1) is 33.0. The van der Waals surface area contributed by atoms with Gasteiger partial charge in [0.25, 0.3) is 5.91 Å². The number of hydrogen-bond acceptors (Lipinski definition) is 9. The number of ether oxygens (including phenoxy) is 3. The predicted molar refractivity (Wildman–Crippen MR) is 147 cm³/mol. The van der Waals surface area contributed by atoms with E-state index >= 15 is 0 Å². The molecule has 0 bridgehead atoms. The molecule has 2 fully saturated rings. The molecule has 2 saturated heterocycles. The molecular formula is C27H33F3N2O9S2. The zero-order chi connectivity index (χ0) is 31.3. The van der Waals surface area contributed by atoms with Crippen molar-refractivity contribution in [1.29, 1.82) is 0 Å². The predicted octanol–water partition coefficient (Wildman–Crippen LogP) is 3.18. The van der Waals surface area contributed by atoms with Gasteiger partial charge in [-0.3, -0.25) is 10.0 Å². The van der Waals surface area contributed by atoms with E-state index in [1.54, 1.807) is 0 Å². The highest BCUT2D eigenvalue weighted by Crippen LogP contribution is 2.36. The van der Waals surface area contributed by atoms with Crippen LogP contribution in [0.15, 0.2) is 53.4 Å². The first-order valence-electron chi connectivity index (χ1n) is 13.6. The molecule has 4 rings (SSSR count). The van der Waals surface area contributed by atoms with Gasteiger partial charge in [-0.05, 0) is 80.6 Å². The van der Waals surface area contributed by atoms with Gasteiger partial charge in [-0.2, -0.15) is 13.2 Å². The monoisotopic (exact) mass is 650 g/mol. The number of hydrogen-bond donors (Lipinski definition) is 2. The van der Waals surface area contributed by atoms with E-state index in [9.17, 15) is 34.8 Å². The molecule has 2 N–H and O–H groups in total. The van der Waals surface area contributed by atoms with Crippen molar-refractivity contribution < 1.29 is 54.2 Å². The van der Waals surface area contributed by atoms with E-state index in [2.05, 4.69) is 0 Å². The van der Waals surface area contributed by atoms with E-state index in [1.165, 1.54) is 46.2 Å². The van der Waals surface area contributed by atoms with Crippen molar-refractivity contribution in [3.05, 3.63) is 54.1 Å². The molecule has 11 nitrogen and oxygen atoms in total. The number of carbonyl (C=O) groups excluding carboxylic acids is 1. The van der Waals surface area contributed by atoms with Crippen LogP contribution in [0, 0.1) is 0 Å². The first-order valence-corrected chi connectivity index (χ1v) is 16.7. The summed E-state index contributed by atoms with van der Waals surface area (Å²) in [6.07, 6.45) is -4.04. The van der Waals surface area contributed by atoms with Crippen LogP contribution in [0.4, 0.5) is 13.2 Å². The van der Waals surface area contributed by atoms with Gasteiger partial charge < -0.3 is 14.2 Å². The molecule has 2 heterocycles. The summed E-state index contributed by atoms with van der Waals surface area (Å²) in [5.41, 5.74) is 0.687. The largest absolute Gasteiger partial charge is 0.494 e. The number of carbonyl (C=O) groups is 1. The standard InChI is InChI=1S/C27H33F3N2O9S2/c28-27(29,30)20-2-4-22(5-3-20)41-23-10-14-32(15-11-23)42(35,36)19-1-16-40-21-6-8-24(9-7-21)43(37,38)26(25(33)31-34)12-17-39-18-13-26/h2-9,23,34H,1,10-19H2,(H,31,33). The van der Waals surface area contributed by atoms with Crippen LogP contribution >= 0.6 is 0 Å². The highest BCUT2D eigenvalue weighted by Gasteiger charge is 2.52. The maximum Gasteiger partial charge on any atom is 0.416 e. The molecule has 2 aromatic carbocycles. The Morgan fingerprint density at radius 2 is 1.56 bits per heavy atom. The lowest BCUT2D eigenvalue weighted by Gasteiger charge is -2.34. The van der Waals surface area contributed by atoms with Crippen molar-refractivity contribution in [3.8, 4) is 11.5 Å².